The van der Waals surface area contributed by atoms with Crippen LogP contribution in [0.1, 0.15) is 18.5 Å². The Balaban J connectivity index is 1.84. The third-order valence-electron chi connectivity index (χ3n) is 5.59. The Morgan fingerprint density at radius 1 is 0.600 bits per heavy atom. The summed E-state index contributed by atoms with van der Waals surface area (Å²) >= 11 is 0. The summed E-state index contributed by atoms with van der Waals surface area (Å²) in [6.07, 6.45) is 0. The molecular formula is C27H26NOP. The Hall–Kier alpha value is -3.09. The van der Waals surface area contributed by atoms with Crippen molar-refractivity contribution in [2.24, 2.45) is 0 Å². The van der Waals surface area contributed by atoms with E-state index in [2.05, 4.69) is 36.5 Å². The minimum Gasteiger partial charge on any atom is -0.377 e. The smallest absolute Gasteiger partial charge is 0.148 e. The lowest BCUT2D eigenvalue weighted by molar-refractivity contribution is 0.571. The van der Waals surface area contributed by atoms with Gasteiger partial charge in [0, 0.05) is 22.0 Å². The van der Waals surface area contributed by atoms with Gasteiger partial charge in [0.15, 0.2) is 0 Å². The second kappa shape index (κ2) is 9.15. The summed E-state index contributed by atoms with van der Waals surface area (Å²) in [5, 5.41) is 5.44. The molecule has 4 aromatic rings. The Kier molecular flexibility index (Phi) is 6.16. The van der Waals surface area contributed by atoms with Gasteiger partial charge < -0.3 is 9.88 Å². The summed E-state index contributed by atoms with van der Waals surface area (Å²) in [5.74, 6) is 0. The Labute approximate surface area is 179 Å². The molecule has 0 aliphatic heterocycles. The van der Waals surface area contributed by atoms with E-state index in [0.717, 1.165) is 21.9 Å². The summed E-state index contributed by atoms with van der Waals surface area (Å²) in [6, 6.07) is 40.2. The topological polar surface area (TPSA) is 29.1 Å². The van der Waals surface area contributed by atoms with Crippen LogP contribution in [0.2, 0.25) is 0 Å². The van der Waals surface area contributed by atoms with Crippen molar-refractivity contribution >= 4 is 23.4 Å². The van der Waals surface area contributed by atoms with E-state index < -0.39 is 7.14 Å². The van der Waals surface area contributed by atoms with Crippen LogP contribution in [0.5, 0.6) is 0 Å². The molecule has 0 radical (unpaired) electrons. The van der Waals surface area contributed by atoms with Crippen molar-refractivity contribution in [2.45, 2.75) is 18.6 Å². The van der Waals surface area contributed by atoms with Gasteiger partial charge in [-0.2, -0.15) is 0 Å². The fraction of sp³-hybridized carbons (Fsp3) is 0.111. The molecule has 4 rings (SSSR count). The molecule has 2 atom stereocenters. The quantitative estimate of drug-likeness (QED) is 0.365. The van der Waals surface area contributed by atoms with Gasteiger partial charge in [0.2, 0.25) is 0 Å². The van der Waals surface area contributed by atoms with Crippen LogP contribution in [0.25, 0.3) is 0 Å². The SMILES string of the molecule is C[C@H]([C@@H](Nc1ccccc1)c1ccccc1)P(=O)(c1ccccc1)c1ccccc1. The first-order valence-electron chi connectivity index (χ1n) is 10.3. The maximum Gasteiger partial charge on any atom is 0.148 e. The lowest BCUT2D eigenvalue weighted by atomic mass is 10.0. The maximum absolute atomic E-state index is 14.9. The van der Waals surface area contributed by atoms with E-state index in [0.29, 0.717) is 0 Å². The van der Waals surface area contributed by atoms with Crippen LogP contribution in [-0.4, -0.2) is 5.66 Å². The standard InChI is InChI=1S/C27H26NOP/c1-22(27(23-14-6-2-7-15-23)28-24-16-8-3-9-17-24)30(29,25-18-10-4-11-19-25)26-20-12-5-13-21-26/h2-22,27-28H,1H3/t22-,27-/m1/s1. The minimum atomic E-state index is -2.94. The molecule has 0 heterocycles. The Morgan fingerprint density at radius 3 is 1.47 bits per heavy atom. The van der Waals surface area contributed by atoms with E-state index in [1.807, 2.05) is 97.1 Å². The van der Waals surface area contributed by atoms with Gasteiger partial charge in [0.1, 0.15) is 7.14 Å². The molecule has 4 aromatic carbocycles. The van der Waals surface area contributed by atoms with Gasteiger partial charge in [-0.15, -0.1) is 0 Å². The first kappa shape index (κ1) is 20.2. The van der Waals surface area contributed by atoms with E-state index in [9.17, 15) is 4.57 Å². The van der Waals surface area contributed by atoms with Crippen molar-refractivity contribution in [3.8, 4) is 0 Å². The van der Waals surface area contributed by atoms with Gasteiger partial charge in [0.25, 0.3) is 0 Å². The average molecular weight is 411 g/mol. The molecule has 0 fully saturated rings. The molecule has 0 saturated heterocycles. The summed E-state index contributed by atoms with van der Waals surface area (Å²) in [5.41, 5.74) is 1.98. The van der Waals surface area contributed by atoms with Crippen molar-refractivity contribution in [2.75, 3.05) is 5.32 Å². The molecule has 0 bridgehead atoms. The second-order valence-corrected chi connectivity index (χ2v) is 10.6. The minimum absolute atomic E-state index is 0.111. The average Bonchev–Trinajstić information content (AvgIpc) is 2.84. The molecule has 0 aliphatic carbocycles. The zero-order valence-corrected chi connectivity index (χ0v) is 18.0. The summed E-state index contributed by atoms with van der Waals surface area (Å²) in [7, 11) is -2.94. The first-order chi connectivity index (χ1) is 14.7. The Morgan fingerprint density at radius 2 is 1.00 bits per heavy atom. The number of nitrogens with one attached hydrogen (secondary N) is 1. The first-order valence-corrected chi connectivity index (χ1v) is 12.0. The van der Waals surface area contributed by atoms with Crippen molar-refractivity contribution in [3.05, 3.63) is 127 Å². The predicted molar refractivity (Wildman–Crippen MR) is 128 cm³/mol. The summed E-state index contributed by atoms with van der Waals surface area (Å²) in [6.45, 7) is 2.11. The van der Waals surface area contributed by atoms with Crippen molar-refractivity contribution < 1.29 is 4.57 Å². The maximum atomic E-state index is 14.9. The van der Waals surface area contributed by atoms with Crippen molar-refractivity contribution in [3.63, 3.8) is 0 Å². The fourth-order valence-electron chi connectivity index (χ4n) is 3.98. The summed E-state index contributed by atoms with van der Waals surface area (Å²) < 4.78 is 14.9. The monoisotopic (exact) mass is 411 g/mol. The van der Waals surface area contributed by atoms with Gasteiger partial charge in [-0.3, -0.25) is 0 Å². The van der Waals surface area contributed by atoms with Gasteiger partial charge >= 0.3 is 0 Å². The number of hydrogen-bond acceptors (Lipinski definition) is 2. The molecule has 3 heteroatoms. The zero-order valence-electron chi connectivity index (χ0n) is 17.1. The van der Waals surface area contributed by atoms with E-state index in [-0.39, 0.29) is 11.7 Å². The lowest BCUT2D eigenvalue weighted by Crippen LogP contribution is -2.32. The normalized spacial score (nSPS) is 13.4. The van der Waals surface area contributed by atoms with E-state index >= 15 is 0 Å². The molecular weight excluding hydrogens is 385 g/mol. The third kappa shape index (κ3) is 4.10. The third-order valence-corrected chi connectivity index (χ3v) is 9.17. The molecule has 1 N–H and O–H groups in total. The molecule has 0 unspecified atom stereocenters. The Bertz CT molecular complexity index is 1060. The highest BCUT2D eigenvalue weighted by molar-refractivity contribution is 7.79. The zero-order chi connectivity index (χ0) is 20.8. The van der Waals surface area contributed by atoms with Crippen LogP contribution in [-0.2, 0) is 4.57 Å². The molecule has 0 amide bonds. The van der Waals surface area contributed by atoms with Crippen LogP contribution < -0.4 is 15.9 Å². The molecule has 2 nitrogen and oxygen atoms in total. The van der Waals surface area contributed by atoms with E-state index in [4.69, 9.17) is 0 Å². The highest BCUT2D eigenvalue weighted by Crippen LogP contribution is 2.53. The molecule has 150 valence electrons. The second-order valence-electron chi connectivity index (χ2n) is 7.47. The number of anilines is 1. The molecule has 0 saturated carbocycles. The number of para-hydroxylation sites is 1. The molecule has 30 heavy (non-hydrogen) atoms. The molecule has 0 aliphatic rings. The van der Waals surface area contributed by atoms with Crippen LogP contribution >= 0.6 is 7.14 Å². The van der Waals surface area contributed by atoms with Gasteiger partial charge in [-0.25, -0.2) is 0 Å². The number of benzene rings is 4. The van der Waals surface area contributed by atoms with E-state index in [1.165, 1.54) is 0 Å². The van der Waals surface area contributed by atoms with Crippen LogP contribution in [0.4, 0.5) is 5.69 Å². The van der Waals surface area contributed by atoms with Crippen molar-refractivity contribution in [1.29, 1.82) is 0 Å². The van der Waals surface area contributed by atoms with Crippen LogP contribution in [0.15, 0.2) is 121 Å². The molecule has 0 spiro atoms. The summed E-state index contributed by atoms with van der Waals surface area (Å²) in [4.78, 5) is 0. The largest absolute Gasteiger partial charge is 0.377 e. The highest BCUT2D eigenvalue weighted by atomic mass is 31.2. The van der Waals surface area contributed by atoms with Crippen molar-refractivity contribution in [1.82, 2.24) is 0 Å². The predicted octanol–water partition coefficient (Wildman–Crippen LogP) is 6.24. The van der Waals surface area contributed by atoms with Crippen LogP contribution in [0, 0.1) is 0 Å². The van der Waals surface area contributed by atoms with Gasteiger partial charge in [-0.1, -0.05) is 116 Å². The fourth-order valence-corrected chi connectivity index (χ4v) is 7.12. The van der Waals surface area contributed by atoms with E-state index in [1.54, 1.807) is 0 Å². The van der Waals surface area contributed by atoms with Gasteiger partial charge in [0.05, 0.1) is 6.04 Å². The number of rotatable bonds is 7. The number of hydrogen-bond donors (Lipinski definition) is 1. The van der Waals surface area contributed by atoms with Crippen LogP contribution in [0.3, 0.4) is 0 Å². The molecule has 0 aromatic heterocycles. The van der Waals surface area contributed by atoms with Gasteiger partial charge in [-0.05, 0) is 17.7 Å². The highest BCUT2D eigenvalue weighted by Gasteiger charge is 2.39. The lowest BCUT2D eigenvalue weighted by Gasteiger charge is -2.33.